The average molecular weight is 302 g/mol. The molecule has 1 rings (SSSR count). The molecule has 0 radical (unpaired) electrons. The van der Waals surface area contributed by atoms with Crippen LogP contribution in [0.4, 0.5) is 13.2 Å². The zero-order valence-corrected chi connectivity index (χ0v) is 13.2. The van der Waals surface area contributed by atoms with Crippen molar-refractivity contribution in [2.45, 2.75) is 52.1 Å². The van der Waals surface area contributed by atoms with Gasteiger partial charge < -0.3 is 5.73 Å². The Morgan fingerprint density at radius 1 is 1.00 bits per heavy atom. The maximum Gasteiger partial charge on any atom is 0.194 e. The molecule has 0 fully saturated rings. The van der Waals surface area contributed by atoms with E-state index in [0.717, 1.165) is 19.2 Å². The second-order valence-electron chi connectivity index (χ2n) is 5.23. The lowest BCUT2D eigenvalue weighted by atomic mass is 9.79. The highest BCUT2D eigenvalue weighted by Crippen LogP contribution is 2.37. The molecule has 0 aliphatic carbocycles. The van der Waals surface area contributed by atoms with Crippen LogP contribution in [-0.2, 0) is 0 Å². The largest absolute Gasteiger partial charge is 0.322 e. The summed E-state index contributed by atoms with van der Waals surface area (Å²) in [6.07, 6.45) is 1.40. The summed E-state index contributed by atoms with van der Waals surface area (Å²) in [4.78, 5) is 2.17. The lowest BCUT2D eigenvalue weighted by molar-refractivity contribution is 0.0611. The van der Waals surface area contributed by atoms with Gasteiger partial charge in [0, 0.05) is 11.1 Å². The quantitative estimate of drug-likeness (QED) is 0.771. The first-order valence-corrected chi connectivity index (χ1v) is 7.53. The molecule has 0 aromatic heterocycles. The maximum absolute atomic E-state index is 14.1. The number of likely N-dealkylation sites (N-methyl/N-ethyl adjacent to an activating group) is 1. The van der Waals surface area contributed by atoms with Gasteiger partial charge in [0.2, 0.25) is 0 Å². The van der Waals surface area contributed by atoms with Gasteiger partial charge in [-0.15, -0.1) is 0 Å². The van der Waals surface area contributed by atoms with E-state index in [1.165, 1.54) is 6.07 Å². The van der Waals surface area contributed by atoms with E-state index in [-0.39, 0.29) is 5.56 Å². The molecule has 21 heavy (non-hydrogen) atoms. The predicted molar refractivity (Wildman–Crippen MR) is 79.5 cm³/mol. The van der Waals surface area contributed by atoms with Crippen molar-refractivity contribution in [1.82, 2.24) is 4.90 Å². The Balaban J connectivity index is 3.36. The third-order valence-corrected chi connectivity index (χ3v) is 4.60. The fraction of sp³-hybridized carbons (Fsp3) is 0.625. The minimum absolute atomic E-state index is 0.0319. The van der Waals surface area contributed by atoms with Crippen molar-refractivity contribution in [1.29, 1.82) is 0 Å². The Hall–Kier alpha value is -1.07. The van der Waals surface area contributed by atoms with Crippen LogP contribution in [0.1, 0.15) is 52.1 Å². The van der Waals surface area contributed by atoms with E-state index in [4.69, 9.17) is 5.73 Å². The van der Waals surface area contributed by atoms with E-state index in [1.54, 1.807) is 0 Å². The van der Waals surface area contributed by atoms with E-state index >= 15 is 0 Å². The molecule has 120 valence electrons. The predicted octanol–water partition coefficient (Wildman–Crippen LogP) is 4.00. The minimum atomic E-state index is -1.45. The highest BCUT2D eigenvalue weighted by Gasteiger charge is 2.40. The molecule has 0 heterocycles. The van der Waals surface area contributed by atoms with Crippen LogP contribution in [0.25, 0.3) is 0 Å². The van der Waals surface area contributed by atoms with Crippen LogP contribution >= 0.6 is 0 Å². The highest BCUT2D eigenvalue weighted by atomic mass is 19.2. The first kappa shape index (κ1) is 18.0. The molecule has 0 bridgehead atoms. The molecule has 1 aromatic carbocycles. The Labute approximate surface area is 125 Å². The van der Waals surface area contributed by atoms with Gasteiger partial charge in [-0.1, -0.05) is 33.8 Å². The fourth-order valence-electron chi connectivity index (χ4n) is 3.26. The molecule has 1 aromatic rings. The van der Waals surface area contributed by atoms with Gasteiger partial charge in [-0.05, 0) is 32.0 Å². The van der Waals surface area contributed by atoms with Crippen LogP contribution < -0.4 is 5.73 Å². The van der Waals surface area contributed by atoms with Crippen molar-refractivity contribution >= 4 is 0 Å². The fourth-order valence-corrected chi connectivity index (χ4v) is 3.26. The van der Waals surface area contributed by atoms with Crippen LogP contribution in [0.2, 0.25) is 0 Å². The molecule has 1 unspecified atom stereocenters. The van der Waals surface area contributed by atoms with E-state index < -0.39 is 29.0 Å². The molecule has 0 aliphatic heterocycles. The Bertz CT molecular complexity index is 469. The summed E-state index contributed by atoms with van der Waals surface area (Å²) in [6, 6.07) is 1.47. The summed E-state index contributed by atoms with van der Waals surface area (Å²) in [6.45, 7) is 9.52. The van der Waals surface area contributed by atoms with Gasteiger partial charge >= 0.3 is 0 Å². The van der Waals surface area contributed by atoms with Gasteiger partial charge in [0.25, 0.3) is 0 Å². The van der Waals surface area contributed by atoms with E-state index in [9.17, 15) is 13.2 Å². The van der Waals surface area contributed by atoms with Crippen molar-refractivity contribution < 1.29 is 13.2 Å². The van der Waals surface area contributed by atoms with Crippen molar-refractivity contribution in [3.63, 3.8) is 0 Å². The molecule has 0 spiro atoms. The SMILES string of the molecule is CCN(CC)C(CC)(CC)C(N)c1ccc(F)c(F)c1F. The number of hydrogen-bond donors (Lipinski definition) is 1. The van der Waals surface area contributed by atoms with Gasteiger partial charge in [-0.2, -0.15) is 0 Å². The Morgan fingerprint density at radius 2 is 1.52 bits per heavy atom. The monoisotopic (exact) mass is 302 g/mol. The van der Waals surface area contributed by atoms with Crippen LogP contribution in [0.5, 0.6) is 0 Å². The number of halogens is 3. The van der Waals surface area contributed by atoms with Crippen molar-refractivity contribution in [3.05, 3.63) is 35.1 Å². The van der Waals surface area contributed by atoms with E-state index in [1.807, 2.05) is 27.7 Å². The Morgan fingerprint density at radius 3 is 1.95 bits per heavy atom. The number of benzene rings is 1. The molecule has 5 heteroatoms. The molecule has 1 atom stereocenters. The number of hydrogen-bond acceptors (Lipinski definition) is 2. The molecule has 0 aliphatic rings. The summed E-state index contributed by atoms with van der Waals surface area (Å²) in [5.74, 6) is -3.82. The van der Waals surface area contributed by atoms with Crippen LogP contribution in [0, 0.1) is 17.5 Å². The third kappa shape index (κ3) is 3.09. The highest BCUT2D eigenvalue weighted by molar-refractivity contribution is 5.27. The zero-order chi connectivity index (χ0) is 16.2. The van der Waals surface area contributed by atoms with Gasteiger partial charge in [0.15, 0.2) is 17.5 Å². The molecule has 0 amide bonds. The van der Waals surface area contributed by atoms with Crippen molar-refractivity contribution in [3.8, 4) is 0 Å². The number of nitrogens with zero attached hydrogens (tertiary/aromatic N) is 1. The summed E-state index contributed by atoms with van der Waals surface area (Å²) < 4.78 is 40.7. The van der Waals surface area contributed by atoms with Crippen LogP contribution in [0.15, 0.2) is 12.1 Å². The second kappa shape index (κ2) is 7.27. The number of nitrogens with two attached hydrogens (primary N) is 1. The molecule has 0 saturated carbocycles. The molecular formula is C16H25F3N2. The minimum Gasteiger partial charge on any atom is -0.322 e. The standard InChI is InChI=1S/C16H25F3N2/c1-5-16(6-2,21(7-3)8-4)15(20)11-9-10-12(17)14(19)13(11)18/h9-10,15H,5-8,20H2,1-4H3. The van der Waals surface area contributed by atoms with Gasteiger partial charge in [0.1, 0.15) is 0 Å². The van der Waals surface area contributed by atoms with Crippen LogP contribution in [-0.4, -0.2) is 23.5 Å². The number of rotatable bonds is 7. The van der Waals surface area contributed by atoms with E-state index in [2.05, 4.69) is 4.90 Å². The van der Waals surface area contributed by atoms with E-state index in [0.29, 0.717) is 12.8 Å². The van der Waals surface area contributed by atoms with Crippen molar-refractivity contribution in [2.24, 2.45) is 5.73 Å². The summed E-state index contributed by atoms with van der Waals surface area (Å²) >= 11 is 0. The Kier molecular flexibility index (Phi) is 6.23. The first-order chi connectivity index (χ1) is 9.89. The third-order valence-electron chi connectivity index (χ3n) is 4.60. The second-order valence-corrected chi connectivity index (χ2v) is 5.23. The first-order valence-electron chi connectivity index (χ1n) is 7.53. The van der Waals surface area contributed by atoms with Gasteiger partial charge in [-0.25, -0.2) is 13.2 Å². The lowest BCUT2D eigenvalue weighted by Gasteiger charge is -2.46. The molecule has 2 N–H and O–H groups in total. The summed E-state index contributed by atoms with van der Waals surface area (Å²) in [5, 5.41) is 0. The molecule has 0 saturated heterocycles. The smallest absolute Gasteiger partial charge is 0.194 e. The molecular weight excluding hydrogens is 277 g/mol. The zero-order valence-electron chi connectivity index (χ0n) is 13.2. The molecule has 2 nitrogen and oxygen atoms in total. The van der Waals surface area contributed by atoms with Crippen molar-refractivity contribution in [2.75, 3.05) is 13.1 Å². The summed E-state index contributed by atoms with van der Waals surface area (Å²) in [5.41, 5.74) is 5.85. The van der Waals surface area contributed by atoms with Crippen LogP contribution in [0.3, 0.4) is 0 Å². The lowest BCUT2D eigenvalue weighted by Crippen LogP contribution is -2.55. The average Bonchev–Trinajstić information content (AvgIpc) is 2.50. The topological polar surface area (TPSA) is 29.3 Å². The summed E-state index contributed by atoms with van der Waals surface area (Å²) in [7, 11) is 0. The van der Waals surface area contributed by atoms with Gasteiger partial charge in [-0.3, -0.25) is 4.90 Å². The normalized spacial score (nSPS) is 13.8. The maximum atomic E-state index is 14.1. The van der Waals surface area contributed by atoms with Gasteiger partial charge in [0.05, 0.1) is 6.04 Å².